The Hall–Kier alpha value is -4.06. The topological polar surface area (TPSA) is 148 Å². The van der Waals surface area contributed by atoms with Crippen LogP contribution in [0.2, 0.25) is 0 Å². The second kappa shape index (κ2) is 16.9. The van der Waals surface area contributed by atoms with Gasteiger partial charge in [0.15, 0.2) is 6.23 Å². The number of rotatable bonds is 15. The molecule has 0 fully saturated rings. The van der Waals surface area contributed by atoms with Crippen LogP contribution >= 0.6 is 0 Å². The third-order valence-corrected chi connectivity index (χ3v) is 8.57. The summed E-state index contributed by atoms with van der Waals surface area (Å²) < 4.78 is 29.5. The number of hydrogen-bond donors (Lipinski definition) is 2. The molecule has 0 spiro atoms. The largest absolute Gasteiger partial charge is 0.437 e. The number of amidine groups is 1. The van der Waals surface area contributed by atoms with Crippen molar-refractivity contribution in [3.05, 3.63) is 89.5 Å². The Morgan fingerprint density at radius 2 is 1.60 bits per heavy atom. The van der Waals surface area contributed by atoms with Crippen molar-refractivity contribution in [2.45, 2.75) is 71.0 Å². The van der Waals surface area contributed by atoms with Crippen molar-refractivity contribution >= 4 is 27.9 Å². The zero-order valence-corrected chi connectivity index (χ0v) is 27.4. The zero-order chi connectivity index (χ0) is 33.0. The Kier molecular flexibility index (Phi) is 13.3. The molecule has 2 amide bonds. The van der Waals surface area contributed by atoms with Crippen LogP contribution in [0.15, 0.2) is 82.7 Å². The first-order valence-corrected chi connectivity index (χ1v) is 16.9. The molecule has 0 aromatic heterocycles. The van der Waals surface area contributed by atoms with E-state index in [2.05, 4.69) is 11.9 Å². The van der Waals surface area contributed by atoms with E-state index in [-0.39, 0.29) is 23.1 Å². The van der Waals surface area contributed by atoms with Crippen LogP contribution in [0.1, 0.15) is 63.6 Å². The van der Waals surface area contributed by atoms with Gasteiger partial charge in [-0.15, -0.1) is 0 Å². The Balaban J connectivity index is 1.74. The highest BCUT2D eigenvalue weighted by atomic mass is 32.2. The maximum absolute atomic E-state index is 13.5. The van der Waals surface area contributed by atoms with E-state index in [9.17, 15) is 18.0 Å². The van der Waals surface area contributed by atoms with Crippen molar-refractivity contribution in [2.75, 3.05) is 19.6 Å². The Morgan fingerprint density at radius 3 is 2.24 bits per heavy atom. The Bertz CT molecular complexity index is 1570. The third kappa shape index (κ3) is 10.5. The number of nitrogens with zero attached hydrogens (tertiary/aromatic N) is 3. The van der Waals surface area contributed by atoms with Crippen LogP contribution in [0.5, 0.6) is 0 Å². The molecular formula is C34H45N5O5S. The van der Waals surface area contributed by atoms with Crippen molar-refractivity contribution in [1.82, 2.24) is 9.80 Å². The minimum Gasteiger partial charge on any atom is -0.429 e. The van der Waals surface area contributed by atoms with Crippen LogP contribution in [-0.2, 0) is 32.5 Å². The Morgan fingerprint density at radius 1 is 0.911 bits per heavy atom. The van der Waals surface area contributed by atoms with Crippen LogP contribution in [0.3, 0.4) is 0 Å². The molecule has 0 saturated carbocycles. The average molecular weight is 636 g/mol. The van der Waals surface area contributed by atoms with Gasteiger partial charge in [0.2, 0.25) is 15.9 Å². The van der Waals surface area contributed by atoms with Crippen LogP contribution < -0.4 is 10.9 Å². The van der Waals surface area contributed by atoms with Gasteiger partial charge in [0.25, 0.3) is 0 Å². The molecule has 4 N–H and O–H groups in total. The molecule has 1 atom stereocenters. The molecule has 0 radical (unpaired) electrons. The predicted molar refractivity (Wildman–Crippen MR) is 178 cm³/mol. The van der Waals surface area contributed by atoms with Gasteiger partial charge in [0.1, 0.15) is 5.84 Å². The van der Waals surface area contributed by atoms with E-state index >= 15 is 0 Å². The van der Waals surface area contributed by atoms with Gasteiger partial charge < -0.3 is 15.4 Å². The van der Waals surface area contributed by atoms with Gasteiger partial charge in [0, 0.05) is 24.2 Å². The van der Waals surface area contributed by atoms with Crippen LogP contribution in [0.25, 0.3) is 11.1 Å². The van der Waals surface area contributed by atoms with Crippen molar-refractivity contribution in [3.63, 3.8) is 0 Å². The molecule has 3 rings (SSSR count). The summed E-state index contributed by atoms with van der Waals surface area (Å²) in [6.45, 7) is 10.3. The van der Waals surface area contributed by atoms with Gasteiger partial charge >= 0.3 is 6.09 Å². The SMILES string of the molecule is CCCCCN(Cc1cccc(C(N)=NC(=O)OC(C)N(CC)CC)c1)C(=O)Cc1ccc(-c2ccccc2S(N)(=O)=O)cc1. The van der Waals surface area contributed by atoms with Crippen molar-refractivity contribution in [1.29, 1.82) is 0 Å². The van der Waals surface area contributed by atoms with E-state index in [1.54, 1.807) is 43.3 Å². The standard InChI is InChI=1S/C34H45N5O5S/c1-5-8-11-21-39(24-27-13-12-14-29(22-27)33(35)37-34(41)44-25(4)38(6-2)7-3)32(40)23-26-17-19-28(20-18-26)30-15-9-10-16-31(30)45(36,42)43/h9-10,12-20,22,25H,5-8,11,21,23-24H2,1-4H3,(H2,35,37,41)(H2,36,42,43). The third-order valence-electron chi connectivity index (χ3n) is 7.60. The summed E-state index contributed by atoms with van der Waals surface area (Å²) in [7, 11) is -3.89. The molecule has 3 aromatic rings. The first-order valence-electron chi connectivity index (χ1n) is 15.3. The van der Waals surface area contributed by atoms with Gasteiger partial charge in [-0.05, 0) is 55.3 Å². The second-order valence-electron chi connectivity index (χ2n) is 10.8. The molecule has 11 heteroatoms. The number of sulfonamides is 1. The lowest BCUT2D eigenvalue weighted by atomic mass is 10.0. The fourth-order valence-electron chi connectivity index (χ4n) is 5.08. The van der Waals surface area contributed by atoms with Crippen LogP contribution in [0.4, 0.5) is 4.79 Å². The summed E-state index contributed by atoms with van der Waals surface area (Å²) in [5.41, 5.74) is 9.60. The number of ether oxygens (including phenoxy) is 1. The number of benzene rings is 3. The number of primary sulfonamides is 1. The fraction of sp³-hybridized carbons (Fsp3) is 0.382. The molecule has 0 saturated heterocycles. The molecule has 10 nitrogen and oxygen atoms in total. The normalized spacial score (nSPS) is 12.6. The molecule has 45 heavy (non-hydrogen) atoms. The highest BCUT2D eigenvalue weighted by Crippen LogP contribution is 2.27. The van der Waals surface area contributed by atoms with E-state index in [1.807, 2.05) is 54.0 Å². The summed E-state index contributed by atoms with van der Waals surface area (Å²) in [4.78, 5) is 33.7. The van der Waals surface area contributed by atoms with Gasteiger partial charge in [-0.25, -0.2) is 18.4 Å². The van der Waals surface area contributed by atoms with E-state index < -0.39 is 22.3 Å². The predicted octanol–water partition coefficient (Wildman–Crippen LogP) is 5.29. The highest BCUT2D eigenvalue weighted by molar-refractivity contribution is 7.89. The molecule has 0 aliphatic heterocycles. The summed E-state index contributed by atoms with van der Waals surface area (Å²) in [5, 5.41) is 5.41. The lowest BCUT2D eigenvalue weighted by Crippen LogP contribution is -2.36. The van der Waals surface area contributed by atoms with Crippen LogP contribution in [-0.4, -0.2) is 61.9 Å². The summed E-state index contributed by atoms with van der Waals surface area (Å²) in [6.07, 6.45) is 1.89. The minimum atomic E-state index is -3.89. The van der Waals surface area contributed by atoms with Gasteiger partial charge in [-0.2, -0.15) is 4.99 Å². The number of unbranched alkanes of at least 4 members (excludes halogenated alkanes) is 2. The molecule has 1 unspecified atom stereocenters. The number of nitrogens with two attached hydrogens (primary N) is 2. The van der Waals surface area contributed by atoms with Crippen molar-refractivity contribution in [3.8, 4) is 11.1 Å². The molecule has 3 aromatic carbocycles. The average Bonchev–Trinajstić information content (AvgIpc) is 3.01. The monoisotopic (exact) mass is 635 g/mol. The number of aliphatic imine (C=N–C) groups is 1. The lowest BCUT2D eigenvalue weighted by molar-refractivity contribution is -0.131. The molecule has 0 aliphatic rings. The van der Waals surface area contributed by atoms with E-state index in [1.165, 1.54) is 6.07 Å². The number of hydrogen-bond acceptors (Lipinski definition) is 6. The minimum absolute atomic E-state index is 0.0372. The quantitative estimate of drug-likeness (QED) is 0.0997. The maximum Gasteiger partial charge on any atom is 0.437 e. The van der Waals surface area contributed by atoms with Gasteiger partial charge in [-0.1, -0.05) is 94.3 Å². The van der Waals surface area contributed by atoms with Gasteiger partial charge in [0.05, 0.1) is 11.3 Å². The molecule has 0 aliphatic carbocycles. The molecule has 0 bridgehead atoms. The summed E-state index contributed by atoms with van der Waals surface area (Å²) in [5.74, 6) is 0.00588. The second-order valence-corrected chi connectivity index (χ2v) is 12.4. The summed E-state index contributed by atoms with van der Waals surface area (Å²) in [6, 6.07) is 21.2. The van der Waals surface area contributed by atoms with Crippen molar-refractivity contribution in [2.24, 2.45) is 15.9 Å². The Labute approximate surface area is 267 Å². The maximum atomic E-state index is 13.5. The van der Waals surface area contributed by atoms with E-state index in [4.69, 9.17) is 15.6 Å². The van der Waals surface area contributed by atoms with E-state index in [0.717, 1.165) is 43.5 Å². The summed E-state index contributed by atoms with van der Waals surface area (Å²) >= 11 is 0. The fourth-order valence-corrected chi connectivity index (χ4v) is 5.84. The van der Waals surface area contributed by atoms with Gasteiger partial charge in [-0.3, -0.25) is 9.69 Å². The zero-order valence-electron chi connectivity index (χ0n) is 26.6. The number of carbonyl (C=O) groups is 2. The van der Waals surface area contributed by atoms with E-state index in [0.29, 0.717) is 29.8 Å². The van der Waals surface area contributed by atoms with Crippen molar-refractivity contribution < 1.29 is 22.7 Å². The number of carbonyl (C=O) groups excluding carboxylic acids is 2. The molecule has 0 heterocycles. The first kappa shape index (κ1) is 35.4. The smallest absolute Gasteiger partial charge is 0.429 e. The first-order chi connectivity index (χ1) is 21.5. The molecule has 242 valence electrons. The highest BCUT2D eigenvalue weighted by Gasteiger charge is 2.18. The molecular weight excluding hydrogens is 590 g/mol. The number of amides is 2. The lowest BCUT2D eigenvalue weighted by Gasteiger charge is -2.25. The van der Waals surface area contributed by atoms with Crippen LogP contribution in [0, 0.1) is 0 Å².